The number of fused-ring (bicyclic) bond motifs is 1. The number of H-pyrrole nitrogens is 1. The lowest BCUT2D eigenvalue weighted by Crippen LogP contribution is -2.21. The van der Waals surface area contributed by atoms with Gasteiger partial charge in [-0.3, -0.25) is 19.7 Å². The Bertz CT molecular complexity index is 1250. The third kappa shape index (κ3) is 5.91. The first kappa shape index (κ1) is 23.4. The van der Waals surface area contributed by atoms with Gasteiger partial charge in [-0.2, -0.15) is 5.10 Å². The summed E-state index contributed by atoms with van der Waals surface area (Å²) < 4.78 is 10.7. The number of hydrazone groups is 1. The molecule has 11 nitrogen and oxygen atoms in total. The summed E-state index contributed by atoms with van der Waals surface area (Å²) in [7, 11) is 1.38. The molecule has 0 unspecified atom stereocenters. The molecule has 0 atom stereocenters. The van der Waals surface area contributed by atoms with Crippen LogP contribution in [0.2, 0.25) is 0 Å². The van der Waals surface area contributed by atoms with Gasteiger partial charge in [0.25, 0.3) is 5.56 Å². The number of amides is 1. The zero-order valence-electron chi connectivity index (χ0n) is 18.2. The highest BCUT2D eigenvalue weighted by Crippen LogP contribution is 2.38. The molecule has 0 spiro atoms. The molecule has 2 aromatic carbocycles. The molecule has 11 heteroatoms. The summed E-state index contributed by atoms with van der Waals surface area (Å²) in [4.78, 5) is 42.2. The van der Waals surface area contributed by atoms with E-state index in [-0.39, 0.29) is 41.3 Å². The molecule has 1 aromatic heterocycles. The molecule has 0 saturated heterocycles. The van der Waals surface area contributed by atoms with Crippen LogP contribution >= 0.6 is 0 Å². The standard InChI is InChI=1S/C22H23N5O6/c1-3-10-33-21-18(27(30)31)11-14(12-19(21)32-2)13-23-26-20(28)9-8-17-22(29)25-16-7-5-4-6-15(16)24-17/h4-7,11-13H,3,8-10H2,1-2H3,(H,25,29)(H,26,28)/b23-13-. The van der Waals surface area contributed by atoms with Crippen molar-refractivity contribution in [1.29, 1.82) is 0 Å². The van der Waals surface area contributed by atoms with E-state index >= 15 is 0 Å². The lowest BCUT2D eigenvalue weighted by molar-refractivity contribution is -0.386. The Kier molecular flexibility index (Phi) is 7.68. The van der Waals surface area contributed by atoms with Crippen LogP contribution < -0.4 is 20.5 Å². The predicted molar refractivity (Wildman–Crippen MR) is 122 cm³/mol. The van der Waals surface area contributed by atoms with Crippen molar-refractivity contribution in [3.63, 3.8) is 0 Å². The number of methoxy groups -OCH3 is 1. The lowest BCUT2D eigenvalue weighted by atomic mass is 10.2. The van der Waals surface area contributed by atoms with Crippen LogP contribution in [0.25, 0.3) is 11.0 Å². The summed E-state index contributed by atoms with van der Waals surface area (Å²) in [5, 5.41) is 15.3. The van der Waals surface area contributed by atoms with Gasteiger partial charge >= 0.3 is 5.69 Å². The molecule has 0 saturated carbocycles. The van der Waals surface area contributed by atoms with Crippen molar-refractivity contribution >= 4 is 28.8 Å². The zero-order valence-corrected chi connectivity index (χ0v) is 18.2. The minimum atomic E-state index is -0.572. The largest absolute Gasteiger partial charge is 0.493 e. The van der Waals surface area contributed by atoms with E-state index in [1.807, 2.05) is 6.92 Å². The van der Waals surface area contributed by atoms with E-state index in [2.05, 4.69) is 20.5 Å². The van der Waals surface area contributed by atoms with Gasteiger partial charge in [0.15, 0.2) is 5.75 Å². The second kappa shape index (κ2) is 10.8. The molecule has 172 valence electrons. The number of aryl methyl sites for hydroxylation is 1. The van der Waals surface area contributed by atoms with Crippen molar-refractivity contribution in [2.24, 2.45) is 5.10 Å². The van der Waals surface area contributed by atoms with Crippen LogP contribution in [0, 0.1) is 10.1 Å². The molecule has 33 heavy (non-hydrogen) atoms. The highest BCUT2D eigenvalue weighted by atomic mass is 16.6. The van der Waals surface area contributed by atoms with Gasteiger partial charge in [-0.25, -0.2) is 10.4 Å². The van der Waals surface area contributed by atoms with Crippen LogP contribution in [-0.2, 0) is 11.2 Å². The van der Waals surface area contributed by atoms with Gasteiger partial charge in [0, 0.05) is 24.5 Å². The van der Waals surface area contributed by atoms with E-state index < -0.39 is 10.8 Å². The fourth-order valence-electron chi connectivity index (χ4n) is 3.02. The van der Waals surface area contributed by atoms with E-state index in [0.29, 0.717) is 29.6 Å². The molecule has 0 aliphatic carbocycles. The number of rotatable bonds is 10. The van der Waals surface area contributed by atoms with Crippen molar-refractivity contribution in [3.05, 3.63) is 68.1 Å². The summed E-state index contributed by atoms with van der Waals surface area (Å²) in [6.45, 7) is 2.18. The minimum Gasteiger partial charge on any atom is -0.493 e. The van der Waals surface area contributed by atoms with E-state index in [0.717, 1.165) is 0 Å². The number of nitrogens with one attached hydrogen (secondary N) is 2. The first-order valence-corrected chi connectivity index (χ1v) is 10.2. The number of aromatic nitrogens is 2. The molecule has 1 heterocycles. The van der Waals surface area contributed by atoms with Crippen molar-refractivity contribution in [2.75, 3.05) is 13.7 Å². The third-order valence-electron chi connectivity index (χ3n) is 4.59. The Morgan fingerprint density at radius 3 is 2.85 bits per heavy atom. The Morgan fingerprint density at radius 2 is 2.12 bits per heavy atom. The van der Waals surface area contributed by atoms with Crippen LogP contribution in [0.3, 0.4) is 0 Å². The average Bonchev–Trinajstić information content (AvgIpc) is 2.81. The van der Waals surface area contributed by atoms with Crippen LogP contribution in [0.4, 0.5) is 5.69 Å². The molecule has 0 aliphatic heterocycles. The fourth-order valence-corrected chi connectivity index (χ4v) is 3.02. The molecule has 3 aromatic rings. The van der Waals surface area contributed by atoms with Gasteiger partial charge in [-0.05, 0) is 24.6 Å². The van der Waals surface area contributed by atoms with Gasteiger partial charge in [-0.15, -0.1) is 0 Å². The number of carbonyl (C=O) groups excluding carboxylic acids is 1. The number of carbonyl (C=O) groups is 1. The molecule has 0 aliphatic rings. The number of para-hydroxylation sites is 2. The van der Waals surface area contributed by atoms with E-state index in [4.69, 9.17) is 9.47 Å². The summed E-state index contributed by atoms with van der Waals surface area (Å²) in [6.07, 6.45) is 2.05. The number of nitro benzene ring substituents is 1. The van der Waals surface area contributed by atoms with E-state index in [1.165, 1.54) is 25.5 Å². The lowest BCUT2D eigenvalue weighted by Gasteiger charge is -2.11. The Morgan fingerprint density at radius 1 is 1.33 bits per heavy atom. The normalized spacial score (nSPS) is 11.0. The SMILES string of the molecule is CCCOc1c(OC)cc(/C=N\NC(=O)CCc2nc3ccccc3[nH]c2=O)cc1[N+](=O)[O-]. The number of nitro groups is 1. The van der Waals surface area contributed by atoms with Gasteiger partial charge in [0.2, 0.25) is 11.7 Å². The van der Waals surface area contributed by atoms with Crippen molar-refractivity contribution in [3.8, 4) is 11.5 Å². The monoisotopic (exact) mass is 453 g/mol. The zero-order chi connectivity index (χ0) is 23.8. The number of ether oxygens (including phenoxy) is 2. The molecule has 2 N–H and O–H groups in total. The molecule has 3 rings (SSSR count). The summed E-state index contributed by atoms with van der Waals surface area (Å²) in [5.74, 6) is -0.212. The van der Waals surface area contributed by atoms with Gasteiger partial charge in [0.05, 0.1) is 35.9 Å². The molecular weight excluding hydrogens is 430 g/mol. The van der Waals surface area contributed by atoms with Crippen molar-refractivity contribution < 1.29 is 19.2 Å². The second-order valence-electron chi connectivity index (χ2n) is 7.00. The van der Waals surface area contributed by atoms with Crippen molar-refractivity contribution in [1.82, 2.24) is 15.4 Å². The molecule has 1 amide bonds. The molecule has 0 bridgehead atoms. The third-order valence-corrected chi connectivity index (χ3v) is 4.59. The molecule has 0 radical (unpaired) electrons. The van der Waals surface area contributed by atoms with Gasteiger partial charge in [-0.1, -0.05) is 19.1 Å². The molecular formula is C22H23N5O6. The number of nitrogens with zero attached hydrogens (tertiary/aromatic N) is 3. The number of aromatic amines is 1. The highest BCUT2D eigenvalue weighted by Gasteiger charge is 2.22. The van der Waals surface area contributed by atoms with Crippen LogP contribution in [0.1, 0.15) is 31.0 Å². The Hall–Kier alpha value is -4.28. The number of hydrogen-bond acceptors (Lipinski definition) is 8. The predicted octanol–water partition coefficient (Wildman–Crippen LogP) is 2.71. The summed E-state index contributed by atoms with van der Waals surface area (Å²) >= 11 is 0. The van der Waals surface area contributed by atoms with Gasteiger partial charge in [0.1, 0.15) is 5.69 Å². The fraction of sp³-hybridized carbons (Fsp3) is 0.273. The minimum absolute atomic E-state index is 0.0149. The van der Waals surface area contributed by atoms with Crippen molar-refractivity contribution in [2.45, 2.75) is 26.2 Å². The van der Waals surface area contributed by atoms with Crippen LogP contribution in [0.5, 0.6) is 11.5 Å². The summed E-state index contributed by atoms with van der Waals surface area (Å²) in [5.41, 5.74) is 3.57. The first-order chi connectivity index (χ1) is 15.9. The highest BCUT2D eigenvalue weighted by molar-refractivity contribution is 5.85. The second-order valence-corrected chi connectivity index (χ2v) is 7.00. The Balaban J connectivity index is 1.66. The topological polar surface area (TPSA) is 149 Å². The quantitative estimate of drug-likeness (QED) is 0.272. The number of hydrogen-bond donors (Lipinski definition) is 2. The molecule has 0 fully saturated rings. The average molecular weight is 453 g/mol. The van der Waals surface area contributed by atoms with E-state index in [1.54, 1.807) is 24.3 Å². The first-order valence-electron chi connectivity index (χ1n) is 10.2. The maximum Gasteiger partial charge on any atom is 0.315 e. The summed E-state index contributed by atoms with van der Waals surface area (Å²) in [6, 6.07) is 9.91. The smallest absolute Gasteiger partial charge is 0.315 e. The van der Waals surface area contributed by atoms with Crippen LogP contribution in [0.15, 0.2) is 46.3 Å². The van der Waals surface area contributed by atoms with Crippen LogP contribution in [-0.4, -0.2) is 40.7 Å². The maximum absolute atomic E-state index is 12.1. The van der Waals surface area contributed by atoms with E-state index in [9.17, 15) is 19.7 Å². The maximum atomic E-state index is 12.1. The Labute approximate surface area is 188 Å². The van der Waals surface area contributed by atoms with Gasteiger partial charge < -0.3 is 14.5 Å². The number of benzene rings is 2.